The van der Waals surface area contributed by atoms with Gasteiger partial charge < -0.3 is 10.6 Å². The summed E-state index contributed by atoms with van der Waals surface area (Å²) in [7, 11) is 3.92. The van der Waals surface area contributed by atoms with Crippen molar-refractivity contribution in [1.82, 2.24) is 9.80 Å². The maximum atomic E-state index is 12.0. The van der Waals surface area contributed by atoms with E-state index in [4.69, 9.17) is 5.73 Å². The van der Waals surface area contributed by atoms with Crippen molar-refractivity contribution in [2.45, 2.75) is 45.2 Å². The van der Waals surface area contributed by atoms with E-state index < -0.39 is 0 Å². The minimum atomic E-state index is 0.199. The molecule has 1 saturated carbocycles. The Morgan fingerprint density at radius 3 is 2.53 bits per heavy atom. The zero-order valence-corrected chi connectivity index (χ0v) is 11.6. The lowest BCUT2D eigenvalue weighted by atomic mass is 10.0. The van der Waals surface area contributed by atoms with Gasteiger partial charge in [-0.05, 0) is 46.2 Å². The number of nitrogens with zero attached hydrogens (tertiary/aromatic N) is 2. The number of hydrogen-bond donors (Lipinski definition) is 1. The van der Waals surface area contributed by atoms with Crippen LogP contribution in [0.5, 0.6) is 0 Å². The minimum absolute atomic E-state index is 0.199. The fourth-order valence-corrected chi connectivity index (χ4v) is 2.60. The van der Waals surface area contributed by atoms with E-state index in [2.05, 4.69) is 4.90 Å². The lowest BCUT2D eigenvalue weighted by molar-refractivity contribution is -0.132. The van der Waals surface area contributed by atoms with Gasteiger partial charge in [0.2, 0.25) is 5.91 Å². The second-order valence-electron chi connectivity index (χ2n) is 5.51. The molecule has 0 aliphatic heterocycles. The lowest BCUT2D eigenvalue weighted by Gasteiger charge is -2.31. The molecule has 0 spiro atoms. The van der Waals surface area contributed by atoms with Gasteiger partial charge in [-0.15, -0.1) is 0 Å². The van der Waals surface area contributed by atoms with Gasteiger partial charge in [-0.1, -0.05) is 6.42 Å². The highest BCUT2D eigenvalue weighted by atomic mass is 16.2. The Morgan fingerprint density at radius 2 is 2.00 bits per heavy atom. The van der Waals surface area contributed by atoms with E-state index in [1.54, 1.807) is 0 Å². The zero-order chi connectivity index (χ0) is 13.0. The number of carbonyl (C=O) groups excluding carboxylic acids is 1. The van der Waals surface area contributed by atoms with Crippen molar-refractivity contribution in [3.8, 4) is 0 Å². The molecule has 4 heteroatoms. The summed E-state index contributed by atoms with van der Waals surface area (Å²) in [6, 6.07) is 0.759. The van der Waals surface area contributed by atoms with Crippen molar-refractivity contribution < 1.29 is 4.79 Å². The van der Waals surface area contributed by atoms with E-state index in [1.807, 2.05) is 32.8 Å². The molecule has 1 rings (SSSR count). The van der Waals surface area contributed by atoms with Gasteiger partial charge in [-0.25, -0.2) is 0 Å². The molecule has 2 N–H and O–H groups in total. The number of nitrogens with two attached hydrogens (primary N) is 1. The number of amides is 1. The topological polar surface area (TPSA) is 49.6 Å². The van der Waals surface area contributed by atoms with Crippen molar-refractivity contribution in [3.05, 3.63) is 0 Å². The van der Waals surface area contributed by atoms with Crippen LogP contribution in [0, 0.1) is 5.92 Å². The lowest BCUT2D eigenvalue weighted by Crippen LogP contribution is -2.45. The number of rotatable bonds is 5. The van der Waals surface area contributed by atoms with E-state index in [1.165, 1.54) is 19.3 Å². The summed E-state index contributed by atoms with van der Waals surface area (Å²) >= 11 is 0. The van der Waals surface area contributed by atoms with Crippen LogP contribution in [-0.2, 0) is 4.79 Å². The normalized spacial score (nSPS) is 24.6. The molecular formula is C13H27N3O. The predicted molar refractivity (Wildman–Crippen MR) is 70.7 cm³/mol. The van der Waals surface area contributed by atoms with E-state index in [9.17, 15) is 4.79 Å². The first kappa shape index (κ1) is 14.5. The fourth-order valence-electron chi connectivity index (χ4n) is 2.60. The van der Waals surface area contributed by atoms with Gasteiger partial charge in [0.15, 0.2) is 0 Å². The third kappa shape index (κ3) is 3.68. The summed E-state index contributed by atoms with van der Waals surface area (Å²) in [5.74, 6) is 0.766. The van der Waals surface area contributed by atoms with Gasteiger partial charge in [-0.2, -0.15) is 0 Å². The molecule has 1 aliphatic carbocycles. The molecule has 0 heterocycles. The highest BCUT2D eigenvalue weighted by Gasteiger charge is 2.30. The van der Waals surface area contributed by atoms with Crippen LogP contribution >= 0.6 is 0 Å². The SMILES string of the molecule is CC(C)N(C)C(=O)CN(C)C1CCCC1CN. The van der Waals surface area contributed by atoms with Crippen LogP contribution in [0.25, 0.3) is 0 Å². The maximum absolute atomic E-state index is 12.0. The van der Waals surface area contributed by atoms with Crippen LogP contribution in [0.4, 0.5) is 0 Å². The van der Waals surface area contributed by atoms with Crippen LogP contribution in [-0.4, -0.2) is 55.0 Å². The van der Waals surface area contributed by atoms with E-state index in [0.717, 1.165) is 6.54 Å². The Hall–Kier alpha value is -0.610. The van der Waals surface area contributed by atoms with Crippen molar-refractivity contribution in [3.63, 3.8) is 0 Å². The van der Waals surface area contributed by atoms with Gasteiger partial charge in [-0.3, -0.25) is 9.69 Å². The maximum Gasteiger partial charge on any atom is 0.236 e. The third-order valence-electron chi connectivity index (χ3n) is 4.04. The molecule has 100 valence electrons. The monoisotopic (exact) mass is 241 g/mol. The van der Waals surface area contributed by atoms with Gasteiger partial charge in [0.1, 0.15) is 0 Å². The number of hydrogen-bond acceptors (Lipinski definition) is 3. The van der Waals surface area contributed by atoms with Crippen LogP contribution in [0.15, 0.2) is 0 Å². The molecule has 0 bridgehead atoms. The predicted octanol–water partition coefficient (Wildman–Crippen LogP) is 0.912. The minimum Gasteiger partial charge on any atom is -0.342 e. The molecule has 0 radical (unpaired) electrons. The molecule has 0 saturated heterocycles. The van der Waals surface area contributed by atoms with Gasteiger partial charge in [0.05, 0.1) is 6.54 Å². The Morgan fingerprint density at radius 1 is 1.35 bits per heavy atom. The fraction of sp³-hybridized carbons (Fsp3) is 0.923. The second-order valence-corrected chi connectivity index (χ2v) is 5.51. The largest absolute Gasteiger partial charge is 0.342 e. The Labute approximate surface area is 105 Å². The van der Waals surface area contributed by atoms with Gasteiger partial charge in [0.25, 0.3) is 0 Å². The van der Waals surface area contributed by atoms with Crippen molar-refractivity contribution in [2.24, 2.45) is 11.7 Å². The first-order valence-corrected chi connectivity index (χ1v) is 6.63. The molecule has 0 aromatic rings. The molecule has 0 aromatic heterocycles. The molecule has 2 unspecified atom stereocenters. The molecule has 0 aromatic carbocycles. The average Bonchev–Trinajstić information content (AvgIpc) is 2.75. The van der Waals surface area contributed by atoms with Crippen LogP contribution in [0.3, 0.4) is 0 Å². The van der Waals surface area contributed by atoms with E-state index in [-0.39, 0.29) is 11.9 Å². The summed E-state index contributed by atoms with van der Waals surface area (Å²) in [4.78, 5) is 16.0. The molecule has 1 aliphatic rings. The highest BCUT2D eigenvalue weighted by Crippen LogP contribution is 2.28. The zero-order valence-electron chi connectivity index (χ0n) is 11.6. The summed E-state index contributed by atoms with van der Waals surface area (Å²) in [5, 5.41) is 0. The van der Waals surface area contributed by atoms with Crippen LogP contribution in [0.2, 0.25) is 0 Å². The molecular weight excluding hydrogens is 214 g/mol. The smallest absolute Gasteiger partial charge is 0.236 e. The van der Waals surface area contributed by atoms with Gasteiger partial charge >= 0.3 is 0 Å². The van der Waals surface area contributed by atoms with E-state index in [0.29, 0.717) is 18.5 Å². The summed E-state index contributed by atoms with van der Waals surface area (Å²) in [5.41, 5.74) is 5.78. The molecule has 1 amide bonds. The summed E-state index contributed by atoms with van der Waals surface area (Å²) in [6.45, 7) is 5.32. The average molecular weight is 241 g/mol. The molecule has 4 nitrogen and oxygen atoms in total. The Bertz CT molecular complexity index is 255. The first-order valence-electron chi connectivity index (χ1n) is 6.63. The number of likely N-dealkylation sites (N-methyl/N-ethyl adjacent to an activating group) is 2. The highest BCUT2D eigenvalue weighted by molar-refractivity contribution is 5.78. The van der Waals surface area contributed by atoms with Crippen molar-refractivity contribution in [1.29, 1.82) is 0 Å². The second kappa shape index (κ2) is 6.36. The molecule has 1 fully saturated rings. The van der Waals surface area contributed by atoms with Crippen molar-refractivity contribution >= 4 is 5.91 Å². The van der Waals surface area contributed by atoms with E-state index >= 15 is 0 Å². The Kier molecular flexibility index (Phi) is 5.40. The van der Waals surface area contributed by atoms with Crippen LogP contribution < -0.4 is 5.73 Å². The summed E-state index contributed by atoms with van der Waals surface area (Å²) < 4.78 is 0. The van der Waals surface area contributed by atoms with Crippen molar-refractivity contribution in [2.75, 3.05) is 27.2 Å². The first-order chi connectivity index (χ1) is 7.97. The van der Waals surface area contributed by atoms with Crippen LogP contribution in [0.1, 0.15) is 33.1 Å². The standard InChI is InChI=1S/C13H27N3O/c1-10(2)16(4)13(17)9-15(3)12-7-5-6-11(12)8-14/h10-12H,5-9,14H2,1-4H3. The molecule has 17 heavy (non-hydrogen) atoms. The quantitative estimate of drug-likeness (QED) is 0.778. The van der Waals surface area contributed by atoms with Gasteiger partial charge in [0, 0.05) is 19.1 Å². The molecule has 2 atom stereocenters. The number of carbonyl (C=O) groups is 1. The summed E-state index contributed by atoms with van der Waals surface area (Å²) in [6.07, 6.45) is 3.63. The Balaban J connectivity index is 2.48. The third-order valence-corrected chi connectivity index (χ3v) is 4.04.